The van der Waals surface area contributed by atoms with Crippen molar-refractivity contribution in [1.29, 1.82) is 0 Å². The number of benzene rings is 1. The number of nitrogens with one attached hydrogen (secondary N) is 2. The van der Waals surface area contributed by atoms with Gasteiger partial charge in [-0.1, -0.05) is 19.9 Å². The number of carbonyl (C=O) groups is 2. The van der Waals surface area contributed by atoms with Gasteiger partial charge in [0, 0.05) is 17.8 Å². The summed E-state index contributed by atoms with van der Waals surface area (Å²) in [5.41, 5.74) is 8.67. The van der Waals surface area contributed by atoms with Crippen molar-refractivity contribution in [3.8, 4) is 0 Å². The van der Waals surface area contributed by atoms with Gasteiger partial charge in [-0.25, -0.2) is 0 Å². The van der Waals surface area contributed by atoms with E-state index < -0.39 is 0 Å². The van der Waals surface area contributed by atoms with Gasteiger partial charge >= 0.3 is 0 Å². The van der Waals surface area contributed by atoms with Gasteiger partial charge in [-0.3, -0.25) is 9.59 Å². The second-order valence-electron chi connectivity index (χ2n) is 5.40. The molecular formula is C15H23N3O2. The average molecular weight is 277 g/mol. The molecule has 0 aliphatic carbocycles. The summed E-state index contributed by atoms with van der Waals surface area (Å²) in [6.07, 6.45) is 0. The van der Waals surface area contributed by atoms with Crippen LogP contribution in [0, 0.1) is 19.8 Å². The molecule has 0 radical (unpaired) electrons. The van der Waals surface area contributed by atoms with Gasteiger partial charge in [0.25, 0.3) is 5.91 Å². The molecule has 0 aliphatic rings. The highest BCUT2D eigenvalue weighted by Crippen LogP contribution is 2.17. The van der Waals surface area contributed by atoms with E-state index in [0.29, 0.717) is 23.7 Å². The predicted octanol–water partition coefficient (Wildman–Crippen LogP) is 1.39. The summed E-state index contributed by atoms with van der Waals surface area (Å²) in [7, 11) is 0. The highest BCUT2D eigenvalue weighted by Gasteiger charge is 2.12. The van der Waals surface area contributed by atoms with Crippen LogP contribution in [-0.4, -0.2) is 24.9 Å². The van der Waals surface area contributed by atoms with Crippen molar-refractivity contribution in [1.82, 2.24) is 10.6 Å². The predicted molar refractivity (Wildman–Crippen MR) is 80.5 cm³/mol. The molecule has 0 saturated carbocycles. The Morgan fingerprint density at radius 1 is 1.15 bits per heavy atom. The normalized spacial score (nSPS) is 10.4. The first-order valence-corrected chi connectivity index (χ1v) is 6.73. The van der Waals surface area contributed by atoms with Gasteiger partial charge in [-0.2, -0.15) is 0 Å². The fourth-order valence-electron chi connectivity index (χ4n) is 1.75. The number of amides is 2. The van der Waals surface area contributed by atoms with E-state index in [1.165, 1.54) is 0 Å². The van der Waals surface area contributed by atoms with Gasteiger partial charge < -0.3 is 16.4 Å². The van der Waals surface area contributed by atoms with Crippen molar-refractivity contribution >= 4 is 17.5 Å². The molecule has 0 aromatic heterocycles. The molecule has 2 amide bonds. The maximum Gasteiger partial charge on any atom is 0.252 e. The molecule has 0 unspecified atom stereocenters. The number of nitrogens with two attached hydrogens (primary N) is 1. The minimum atomic E-state index is -0.283. The first-order valence-electron chi connectivity index (χ1n) is 6.73. The van der Waals surface area contributed by atoms with Crippen molar-refractivity contribution in [3.05, 3.63) is 28.8 Å². The lowest BCUT2D eigenvalue weighted by molar-refractivity contribution is -0.120. The van der Waals surface area contributed by atoms with Gasteiger partial charge in [-0.15, -0.1) is 0 Å². The zero-order chi connectivity index (χ0) is 15.3. The van der Waals surface area contributed by atoms with Crippen LogP contribution < -0.4 is 16.4 Å². The summed E-state index contributed by atoms with van der Waals surface area (Å²) < 4.78 is 0. The molecule has 1 aromatic carbocycles. The van der Waals surface area contributed by atoms with Crippen LogP contribution in [0.1, 0.15) is 35.3 Å². The van der Waals surface area contributed by atoms with Crippen LogP contribution in [0.4, 0.5) is 5.69 Å². The number of aryl methyl sites for hydroxylation is 2. The SMILES string of the molecule is Cc1cc(C)c(C(=O)NCC(=O)NCC(C)C)cc1N. The highest BCUT2D eigenvalue weighted by atomic mass is 16.2. The topological polar surface area (TPSA) is 84.2 Å². The third-order valence-electron chi connectivity index (χ3n) is 2.97. The number of carbonyl (C=O) groups excluding carboxylic acids is 2. The van der Waals surface area contributed by atoms with E-state index in [9.17, 15) is 9.59 Å². The van der Waals surface area contributed by atoms with Crippen molar-refractivity contribution in [2.75, 3.05) is 18.8 Å². The number of nitrogen functional groups attached to an aromatic ring is 1. The molecule has 1 aromatic rings. The van der Waals surface area contributed by atoms with Crippen LogP contribution in [0.2, 0.25) is 0 Å². The third-order valence-corrected chi connectivity index (χ3v) is 2.97. The smallest absolute Gasteiger partial charge is 0.252 e. The van der Waals surface area contributed by atoms with Crippen LogP contribution in [0.25, 0.3) is 0 Å². The Morgan fingerprint density at radius 3 is 2.40 bits per heavy atom. The molecule has 5 heteroatoms. The van der Waals surface area contributed by atoms with Gasteiger partial charge in [0.05, 0.1) is 6.54 Å². The number of hydrogen-bond donors (Lipinski definition) is 3. The van der Waals surface area contributed by atoms with Crippen LogP contribution in [0.5, 0.6) is 0 Å². The quantitative estimate of drug-likeness (QED) is 0.711. The summed E-state index contributed by atoms with van der Waals surface area (Å²) in [4.78, 5) is 23.6. The first kappa shape index (κ1) is 16.0. The van der Waals surface area contributed by atoms with E-state index in [1.807, 2.05) is 33.8 Å². The van der Waals surface area contributed by atoms with Crippen LogP contribution in [-0.2, 0) is 4.79 Å². The Labute approximate surface area is 119 Å². The summed E-state index contributed by atoms with van der Waals surface area (Å²) >= 11 is 0. The van der Waals surface area contributed by atoms with Gasteiger partial charge in [0.2, 0.25) is 5.91 Å². The molecule has 1 rings (SSSR count). The highest BCUT2D eigenvalue weighted by molar-refractivity contribution is 5.98. The molecule has 0 saturated heterocycles. The van der Waals surface area contributed by atoms with Gasteiger partial charge in [0.15, 0.2) is 0 Å². The Kier molecular flexibility index (Phi) is 5.55. The second-order valence-corrected chi connectivity index (χ2v) is 5.40. The summed E-state index contributed by atoms with van der Waals surface area (Å²) in [5, 5.41) is 5.35. The number of rotatable bonds is 5. The van der Waals surface area contributed by atoms with E-state index >= 15 is 0 Å². The molecule has 20 heavy (non-hydrogen) atoms. The first-order chi connectivity index (χ1) is 9.31. The van der Waals surface area contributed by atoms with Crippen molar-refractivity contribution in [2.45, 2.75) is 27.7 Å². The van der Waals surface area contributed by atoms with E-state index in [0.717, 1.165) is 11.1 Å². The minimum absolute atomic E-state index is 0.0290. The number of hydrogen-bond acceptors (Lipinski definition) is 3. The molecule has 4 N–H and O–H groups in total. The van der Waals surface area contributed by atoms with Crippen LogP contribution >= 0.6 is 0 Å². The summed E-state index contributed by atoms with van der Waals surface area (Å²) in [5.74, 6) is -0.0903. The second kappa shape index (κ2) is 6.93. The zero-order valence-electron chi connectivity index (χ0n) is 12.5. The molecular weight excluding hydrogens is 254 g/mol. The Balaban J connectivity index is 2.59. The van der Waals surface area contributed by atoms with Crippen LogP contribution in [0.3, 0.4) is 0 Å². The van der Waals surface area contributed by atoms with Gasteiger partial charge in [0.1, 0.15) is 0 Å². The van der Waals surface area contributed by atoms with E-state index in [-0.39, 0.29) is 18.4 Å². The average Bonchev–Trinajstić information content (AvgIpc) is 2.37. The lowest BCUT2D eigenvalue weighted by Gasteiger charge is -2.11. The lowest BCUT2D eigenvalue weighted by atomic mass is 10.0. The van der Waals surface area contributed by atoms with Gasteiger partial charge in [-0.05, 0) is 37.0 Å². The van der Waals surface area contributed by atoms with E-state index in [2.05, 4.69) is 10.6 Å². The zero-order valence-corrected chi connectivity index (χ0v) is 12.5. The lowest BCUT2D eigenvalue weighted by Crippen LogP contribution is -2.38. The largest absolute Gasteiger partial charge is 0.398 e. The fraction of sp³-hybridized carbons (Fsp3) is 0.467. The minimum Gasteiger partial charge on any atom is -0.398 e. The van der Waals surface area contributed by atoms with Crippen molar-refractivity contribution < 1.29 is 9.59 Å². The molecule has 5 nitrogen and oxygen atoms in total. The van der Waals surface area contributed by atoms with E-state index in [4.69, 9.17) is 5.73 Å². The third kappa shape index (κ3) is 4.57. The molecule has 0 heterocycles. The Bertz CT molecular complexity index is 510. The van der Waals surface area contributed by atoms with Crippen molar-refractivity contribution in [2.24, 2.45) is 5.92 Å². The molecule has 110 valence electrons. The molecule has 0 spiro atoms. The monoisotopic (exact) mass is 277 g/mol. The molecule has 0 atom stereocenters. The fourth-order valence-corrected chi connectivity index (χ4v) is 1.75. The maximum atomic E-state index is 12.0. The summed E-state index contributed by atoms with van der Waals surface area (Å²) in [6.45, 7) is 8.34. The Morgan fingerprint density at radius 2 is 1.80 bits per heavy atom. The Hall–Kier alpha value is -2.04. The maximum absolute atomic E-state index is 12.0. The molecule has 0 fully saturated rings. The number of anilines is 1. The van der Waals surface area contributed by atoms with E-state index in [1.54, 1.807) is 6.07 Å². The standard InChI is InChI=1S/C15H23N3O2/c1-9(2)7-17-14(19)8-18-15(20)12-6-13(16)11(4)5-10(12)3/h5-6,9H,7-8,16H2,1-4H3,(H,17,19)(H,18,20). The summed E-state index contributed by atoms with van der Waals surface area (Å²) in [6, 6.07) is 3.51. The van der Waals surface area contributed by atoms with Crippen LogP contribution in [0.15, 0.2) is 12.1 Å². The van der Waals surface area contributed by atoms with Crippen molar-refractivity contribution in [3.63, 3.8) is 0 Å². The molecule has 0 aliphatic heterocycles. The molecule has 0 bridgehead atoms.